The van der Waals surface area contributed by atoms with E-state index in [2.05, 4.69) is 4.99 Å². The van der Waals surface area contributed by atoms with Crippen molar-refractivity contribution in [2.75, 3.05) is 6.79 Å². The maximum Gasteiger partial charge on any atom is 0.363 e. The lowest BCUT2D eigenvalue weighted by Gasteiger charge is -2.19. The molecule has 5 nitrogen and oxygen atoms in total. The van der Waals surface area contributed by atoms with Gasteiger partial charge in [-0.3, -0.25) is 0 Å². The number of aliphatic imine (C=N–C) groups is 1. The van der Waals surface area contributed by atoms with E-state index in [1.165, 1.54) is 19.3 Å². The number of hydrogen-bond donors (Lipinski definition) is 0. The second-order valence-corrected chi connectivity index (χ2v) is 5.82. The van der Waals surface area contributed by atoms with E-state index in [9.17, 15) is 4.79 Å². The molecule has 0 spiro atoms. The van der Waals surface area contributed by atoms with E-state index in [4.69, 9.17) is 14.2 Å². The highest BCUT2D eigenvalue weighted by atomic mass is 16.7. The Kier molecular flexibility index (Phi) is 3.33. The van der Waals surface area contributed by atoms with Crippen molar-refractivity contribution in [3.8, 4) is 11.5 Å². The summed E-state index contributed by atoms with van der Waals surface area (Å²) >= 11 is 0. The quantitative estimate of drug-likeness (QED) is 0.621. The second kappa shape index (κ2) is 5.48. The van der Waals surface area contributed by atoms with Gasteiger partial charge in [0.15, 0.2) is 17.2 Å². The predicted octanol–water partition coefficient (Wildman–Crippen LogP) is 3.29. The zero-order valence-electron chi connectivity index (χ0n) is 12.2. The van der Waals surface area contributed by atoms with Gasteiger partial charge in [-0.05, 0) is 36.6 Å². The van der Waals surface area contributed by atoms with Gasteiger partial charge in [-0.1, -0.05) is 25.3 Å². The molecule has 2 heterocycles. The molecule has 1 saturated carbocycles. The Balaban J connectivity index is 1.58. The largest absolute Gasteiger partial charge is 0.454 e. The van der Waals surface area contributed by atoms with E-state index in [0.717, 1.165) is 24.2 Å². The number of ether oxygens (including phenoxy) is 3. The lowest BCUT2D eigenvalue weighted by atomic mass is 9.89. The molecular formula is C17H17NO4. The van der Waals surface area contributed by atoms with Gasteiger partial charge in [0.25, 0.3) is 0 Å². The zero-order chi connectivity index (χ0) is 14.9. The molecule has 0 amide bonds. The molecule has 0 aromatic heterocycles. The molecule has 0 unspecified atom stereocenters. The first-order valence-corrected chi connectivity index (χ1v) is 7.72. The fourth-order valence-electron chi connectivity index (χ4n) is 3.11. The monoisotopic (exact) mass is 299 g/mol. The number of esters is 1. The summed E-state index contributed by atoms with van der Waals surface area (Å²) < 4.78 is 16.0. The molecule has 5 heteroatoms. The average Bonchev–Trinajstić information content (AvgIpc) is 3.15. The van der Waals surface area contributed by atoms with Gasteiger partial charge in [-0.2, -0.15) is 0 Å². The van der Waals surface area contributed by atoms with Crippen molar-refractivity contribution < 1.29 is 19.0 Å². The third kappa shape index (κ3) is 2.47. The number of cyclic esters (lactones) is 1. The molecule has 0 radical (unpaired) electrons. The summed E-state index contributed by atoms with van der Waals surface area (Å²) in [6.07, 6.45) is 7.48. The first-order chi connectivity index (χ1) is 10.8. The summed E-state index contributed by atoms with van der Waals surface area (Å²) in [5, 5.41) is 0. The molecule has 1 aliphatic carbocycles. The number of carbonyl (C=O) groups excluding carboxylic acids is 1. The van der Waals surface area contributed by atoms with Crippen LogP contribution in [0.25, 0.3) is 6.08 Å². The van der Waals surface area contributed by atoms with Crippen LogP contribution in [0.2, 0.25) is 0 Å². The van der Waals surface area contributed by atoms with E-state index in [1.807, 2.05) is 18.2 Å². The number of hydrogen-bond acceptors (Lipinski definition) is 5. The minimum absolute atomic E-state index is 0.237. The molecule has 1 aromatic carbocycles. The molecule has 2 aliphatic heterocycles. The Morgan fingerprint density at radius 1 is 1.09 bits per heavy atom. The Labute approximate surface area is 128 Å². The van der Waals surface area contributed by atoms with Crippen molar-refractivity contribution in [2.45, 2.75) is 32.1 Å². The molecule has 1 aromatic rings. The van der Waals surface area contributed by atoms with Crippen molar-refractivity contribution in [3.05, 3.63) is 29.5 Å². The van der Waals surface area contributed by atoms with Crippen LogP contribution in [-0.4, -0.2) is 18.7 Å². The number of rotatable bonds is 2. The van der Waals surface area contributed by atoms with Crippen molar-refractivity contribution in [1.29, 1.82) is 0 Å². The average molecular weight is 299 g/mol. The zero-order valence-corrected chi connectivity index (χ0v) is 12.2. The fraction of sp³-hybridized carbons (Fsp3) is 0.412. The Hall–Kier alpha value is -2.30. The number of carbonyl (C=O) groups is 1. The molecule has 3 aliphatic rings. The summed E-state index contributed by atoms with van der Waals surface area (Å²) in [5.41, 5.74) is 1.21. The van der Waals surface area contributed by atoms with Gasteiger partial charge < -0.3 is 14.2 Å². The molecule has 1 fully saturated rings. The molecule has 114 valence electrons. The molecule has 0 saturated heterocycles. The lowest BCUT2D eigenvalue weighted by Crippen LogP contribution is -2.19. The Morgan fingerprint density at radius 3 is 2.77 bits per heavy atom. The normalized spacial score (nSPS) is 22.8. The molecule has 0 bridgehead atoms. The van der Waals surface area contributed by atoms with E-state index in [0.29, 0.717) is 23.3 Å². The topological polar surface area (TPSA) is 57.1 Å². The highest BCUT2D eigenvalue weighted by molar-refractivity contribution is 6.07. The summed E-state index contributed by atoms with van der Waals surface area (Å²) in [7, 11) is 0. The molecule has 0 atom stereocenters. The SMILES string of the molecule is O=C1OC(C2CCCCC2)=N/C1=C/c1ccc2c(c1)OCO2. The van der Waals surface area contributed by atoms with Crippen LogP contribution in [0.4, 0.5) is 0 Å². The van der Waals surface area contributed by atoms with E-state index in [-0.39, 0.29) is 12.8 Å². The van der Waals surface area contributed by atoms with E-state index in [1.54, 1.807) is 6.08 Å². The van der Waals surface area contributed by atoms with Crippen LogP contribution in [0.15, 0.2) is 28.9 Å². The van der Waals surface area contributed by atoms with Crippen LogP contribution < -0.4 is 9.47 Å². The third-order valence-electron chi connectivity index (χ3n) is 4.29. The first kappa shape index (κ1) is 13.4. The number of fused-ring (bicyclic) bond motifs is 1. The minimum atomic E-state index is -0.363. The van der Waals surface area contributed by atoms with Crippen molar-refractivity contribution in [3.63, 3.8) is 0 Å². The van der Waals surface area contributed by atoms with Crippen molar-refractivity contribution >= 4 is 17.9 Å². The van der Waals surface area contributed by atoms with Gasteiger partial charge in [0.2, 0.25) is 12.7 Å². The van der Waals surface area contributed by atoms with Crippen LogP contribution in [-0.2, 0) is 9.53 Å². The highest BCUT2D eigenvalue weighted by Gasteiger charge is 2.30. The van der Waals surface area contributed by atoms with Crippen molar-refractivity contribution in [1.82, 2.24) is 0 Å². The minimum Gasteiger partial charge on any atom is -0.454 e. The molecule has 4 rings (SSSR count). The maximum absolute atomic E-state index is 12.0. The summed E-state index contributed by atoms with van der Waals surface area (Å²) in [5.74, 6) is 1.94. The molecular weight excluding hydrogens is 282 g/mol. The van der Waals surface area contributed by atoms with Crippen LogP contribution in [0, 0.1) is 5.92 Å². The van der Waals surface area contributed by atoms with Gasteiger partial charge in [-0.25, -0.2) is 9.79 Å². The Morgan fingerprint density at radius 2 is 1.91 bits per heavy atom. The highest BCUT2D eigenvalue weighted by Crippen LogP contribution is 2.34. The van der Waals surface area contributed by atoms with E-state index < -0.39 is 0 Å². The van der Waals surface area contributed by atoms with Crippen LogP contribution in [0.3, 0.4) is 0 Å². The predicted molar refractivity (Wildman–Crippen MR) is 80.6 cm³/mol. The van der Waals surface area contributed by atoms with Gasteiger partial charge in [0.1, 0.15) is 0 Å². The van der Waals surface area contributed by atoms with Gasteiger partial charge in [-0.15, -0.1) is 0 Å². The summed E-state index contributed by atoms with van der Waals surface area (Å²) in [6, 6.07) is 5.55. The van der Waals surface area contributed by atoms with Crippen LogP contribution in [0.1, 0.15) is 37.7 Å². The van der Waals surface area contributed by atoms with Gasteiger partial charge in [0, 0.05) is 5.92 Å². The fourth-order valence-corrected chi connectivity index (χ4v) is 3.11. The van der Waals surface area contributed by atoms with Gasteiger partial charge >= 0.3 is 5.97 Å². The number of benzene rings is 1. The summed E-state index contributed by atoms with van der Waals surface area (Å²) in [4.78, 5) is 16.4. The van der Waals surface area contributed by atoms with Crippen LogP contribution in [0.5, 0.6) is 11.5 Å². The van der Waals surface area contributed by atoms with E-state index >= 15 is 0 Å². The first-order valence-electron chi connectivity index (χ1n) is 7.72. The summed E-state index contributed by atoms with van der Waals surface area (Å²) in [6.45, 7) is 0.237. The smallest absolute Gasteiger partial charge is 0.363 e. The standard InChI is InChI=1S/C17H17NO4/c19-17-13(18-16(22-17)12-4-2-1-3-5-12)8-11-6-7-14-15(9-11)21-10-20-14/h6-9,12H,1-5,10H2/b13-8+. The van der Waals surface area contributed by atoms with Gasteiger partial charge in [0.05, 0.1) is 0 Å². The maximum atomic E-state index is 12.0. The van der Waals surface area contributed by atoms with Crippen LogP contribution >= 0.6 is 0 Å². The molecule has 0 N–H and O–H groups in total. The second-order valence-electron chi connectivity index (χ2n) is 5.82. The number of nitrogens with zero attached hydrogens (tertiary/aromatic N) is 1. The molecule has 22 heavy (non-hydrogen) atoms. The van der Waals surface area contributed by atoms with Crippen molar-refractivity contribution in [2.24, 2.45) is 10.9 Å². The Bertz CT molecular complexity index is 671. The third-order valence-corrected chi connectivity index (χ3v) is 4.29. The lowest BCUT2D eigenvalue weighted by molar-refractivity contribution is -0.130.